The standard InChI is InChI=1S/C18H26N4O6/c1-10(19)15(24)22-14(9-23)17(26)20-11(2)16(25)21-13(18(27)28)8-12-6-4-3-5-7-12/h3-7,10-11,13-14,23H,8-9,19H2,1-2H3,(H,20,26)(H,21,25)(H,22,24)(H,27,28). The minimum atomic E-state index is -1.28. The third-order valence-corrected chi connectivity index (χ3v) is 3.88. The predicted octanol–water partition coefficient (Wildman–Crippen LogP) is -1.87. The van der Waals surface area contributed by atoms with Crippen molar-refractivity contribution in [1.29, 1.82) is 0 Å². The number of aliphatic carboxylic acids is 1. The number of nitrogens with one attached hydrogen (secondary N) is 3. The highest BCUT2D eigenvalue weighted by Gasteiger charge is 2.27. The smallest absolute Gasteiger partial charge is 0.326 e. The van der Waals surface area contributed by atoms with Crippen molar-refractivity contribution in [1.82, 2.24) is 16.0 Å². The van der Waals surface area contributed by atoms with Gasteiger partial charge in [0.05, 0.1) is 12.6 Å². The van der Waals surface area contributed by atoms with E-state index in [1.807, 2.05) is 0 Å². The van der Waals surface area contributed by atoms with Crippen LogP contribution in [-0.4, -0.2) is 64.7 Å². The van der Waals surface area contributed by atoms with E-state index in [1.165, 1.54) is 13.8 Å². The van der Waals surface area contributed by atoms with Crippen LogP contribution in [0.5, 0.6) is 0 Å². The molecule has 0 heterocycles. The summed E-state index contributed by atoms with van der Waals surface area (Å²) in [5.74, 6) is -3.37. The van der Waals surface area contributed by atoms with Crippen molar-refractivity contribution in [2.45, 2.75) is 44.4 Å². The molecule has 10 heteroatoms. The number of rotatable bonds is 10. The zero-order valence-corrected chi connectivity index (χ0v) is 15.7. The highest BCUT2D eigenvalue weighted by atomic mass is 16.4. The Morgan fingerprint density at radius 3 is 2.00 bits per heavy atom. The second-order valence-electron chi connectivity index (χ2n) is 6.35. The van der Waals surface area contributed by atoms with Crippen LogP contribution >= 0.6 is 0 Å². The van der Waals surface area contributed by atoms with E-state index in [0.717, 1.165) is 5.56 Å². The molecule has 3 amide bonds. The maximum absolute atomic E-state index is 12.3. The summed E-state index contributed by atoms with van der Waals surface area (Å²) >= 11 is 0. The van der Waals surface area contributed by atoms with Gasteiger partial charge in [0.1, 0.15) is 18.1 Å². The summed E-state index contributed by atoms with van der Waals surface area (Å²) in [4.78, 5) is 47.4. The molecule has 0 aliphatic carbocycles. The molecule has 1 aromatic carbocycles. The normalized spacial score (nSPS) is 14.9. The molecule has 0 aromatic heterocycles. The van der Waals surface area contributed by atoms with Crippen molar-refractivity contribution < 1.29 is 29.4 Å². The zero-order valence-electron chi connectivity index (χ0n) is 15.7. The number of carbonyl (C=O) groups excluding carboxylic acids is 3. The Hall–Kier alpha value is -2.98. The second kappa shape index (κ2) is 11.0. The molecule has 0 saturated carbocycles. The van der Waals surface area contributed by atoms with E-state index in [0.29, 0.717) is 0 Å². The third kappa shape index (κ3) is 7.33. The molecule has 1 aromatic rings. The molecule has 0 saturated heterocycles. The van der Waals surface area contributed by atoms with Crippen LogP contribution < -0.4 is 21.7 Å². The van der Waals surface area contributed by atoms with Crippen LogP contribution in [0.3, 0.4) is 0 Å². The summed E-state index contributed by atoms with van der Waals surface area (Å²) in [6.07, 6.45) is 0.0757. The van der Waals surface area contributed by atoms with Gasteiger partial charge in [-0.05, 0) is 19.4 Å². The molecular weight excluding hydrogens is 368 g/mol. The van der Waals surface area contributed by atoms with Gasteiger partial charge < -0.3 is 31.9 Å². The number of nitrogens with two attached hydrogens (primary N) is 1. The molecule has 0 radical (unpaired) electrons. The first-order chi connectivity index (χ1) is 13.1. The van der Waals surface area contributed by atoms with Gasteiger partial charge >= 0.3 is 5.97 Å². The molecule has 154 valence electrons. The fraction of sp³-hybridized carbons (Fsp3) is 0.444. The largest absolute Gasteiger partial charge is 0.480 e. The fourth-order valence-corrected chi connectivity index (χ4v) is 2.22. The van der Waals surface area contributed by atoms with Gasteiger partial charge in [-0.25, -0.2) is 4.79 Å². The molecule has 1 rings (SSSR count). The first kappa shape index (κ1) is 23.1. The Kier molecular flexibility index (Phi) is 9.06. The van der Waals surface area contributed by atoms with Crippen LogP contribution in [0, 0.1) is 0 Å². The average molecular weight is 394 g/mol. The van der Waals surface area contributed by atoms with Crippen LogP contribution in [-0.2, 0) is 25.6 Å². The Morgan fingerprint density at radius 2 is 1.50 bits per heavy atom. The lowest BCUT2D eigenvalue weighted by molar-refractivity contribution is -0.142. The van der Waals surface area contributed by atoms with Crippen LogP contribution in [0.15, 0.2) is 30.3 Å². The van der Waals surface area contributed by atoms with Crippen molar-refractivity contribution in [3.05, 3.63) is 35.9 Å². The number of benzene rings is 1. The molecule has 0 bridgehead atoms. The summed E-state index contributed by atoms with van der Waals surface area (Å²) in [5, 5.41) is 25.5. The molecule has 28 heavy (non-hydrogen) atoms. The van der Waals surface area contributed by atoms with Gasteiger partial charge in [-0.1, -0.05) is 30.3 Å². The molecular formula is C18H26N4O6. The highest BCUT2D eigenvalue weighted by Crippen LogP contribution is 2.04. The Balaban J connectivity index is 2.67. The molecule has 0 spiro atoms. The monoisotopic (exact) mass is 394 g/mol. The number of carboxylic acid groups (broad SMARTS) is 1. The van der Waals surface area contributed by atoms with Gasteiger partial charge in [-0.15, -0.1) is 0 Å². The van der Waals surface area contributed by atoms with Gasteiger partial charge in [0.25, 0.3) is 0 Å². The van der Waals surface area contributed by atoms with Crippen LogP contribution in [0.4, 0.5) is 0 Å². The van der Waals surface area contributed by atoms with Crippen LogP contribution in [0.1, 0.15) is 19.4 Å². The van der Waals surface area contributed by atoms with Crippen molar-refractivity contribution in [3.63, 3.8) is 0 Å². The van der Waals surface area contributed by atoms with Gasteiger partial charge in [0, 0.05) is 6.42 Å². The summed E-state index contributed by atoms with van der Waals surface area (Å²) < 4.78 is 0. The number of hydrogen-bond donors (Lipinski definition) is 6. The summed E-state index contributed by atoms with van der Waals surface area (Å²) in [5.41, 5.74) is 6.12. The van der Waals surface area contributed by atoms with E-state index < -0.39 is 54.5 Å². The summed E-state index contributed by atoms with van der Waals surface area (Å²) in [6.45, 7) is 2.08. The molecule has 4 unspecified atom stereocenters. The van der Waals surface area contributed by atoms with Gasteiger partial charge in [-0.3, -0.25) is 14.4 Å². The molecule has 0 aliphatic rings. The first-order valence-corrected chi connectivity index (χ1v) is 8.70. The average Bonchev–Trinajstić information content (AvgIpc) is 2.65. The molecule has 0 fully saturated rings. The van der Waals surface area contributed by atoms with Crippen molar-refractivity contribution in [2.75, 3.05) is 6.61 Å². The fourth-order valence-electron chi connectivity index (χ4n) is 2.22. The maximum Gasteiger partial charge on any atom is 0.326 e. The minimum Gasteiger partial charge on any atom is -0.480 e. The third-order valence-electron chi connectivity index (χ3n) is 3.88. The van der Waals surface area contributed by atoms with Crippen molar-refractivity contribution >= 4 is 23.7 Å². The van der Waals surface area contributed by atoms with Crippen LogP contribution in [0.25, 0.3) is 0 Å². The summed E-state index contributed by atoms with van der Waals surface area (Å²) in [6, 6.07) is 4.34. The molecule has 4 atom stereocenters. The second-order valence-corrected chi connectivity index (χ2v) is 6.35. The Morgan fingerprint density at radius 1 is 0.929 bits per heavy atom. The van der Waals surface area contributed by atoms with E-state index in [9.17, 15) is 29.4 Å². The Labute approximate surface area is 162 Å². The lowest BCUT2D eigenvalue weighted by atomic mass is 10.1. The lowest BCUT2D eigenvalue weighted by Gasteiger charge is -2.22. The Bertz CT molecular complexity index is 695. The van der Waals surface area contributed by atoms with E-state index in [4.69, 9.17) is 5.73 Å². The number of aliphatic hydroxyl groups is 1. The van der Waals surface area contributed by atoms with Gasteiger partial charge in [0.2, 0.25) is 17.7 Å². The van der Waals surface area contributed by atoms with E-state index in [-0.39, 0.29) is 6.42 Å². The topological polar surface area (TPSA) is 171 Å². The molecule has 0 aliphatic heterocycles. The SMILES string of the molecule is CC(N)C(=O)NC(CO)C(=O)NC(C)C(=O)NC(Cc1ccccc1)C(=O)O. The molecule has 10 nitrogen and oxygen atoms in total. The van der Waals surface area contributed by atoms with Crippen molar-refractivity contribution in [3.8, 4) is 0 Å². The summed E-state index contributed by atoms with van der Waals surface area (Å²) in [7, 11) is 0. The number of carbonyl (C=O) groups is 4. The minimum absolute atomic E-state index is 0.0757. The maximum atomic E-state index is 12.3. The van der Waals surface area contributed by atoms with Crippen LogP contribution in [0.2, 0.25) is 0 Å². The highest BCUT2D eigenvalue weighted by molar-refractivity contribution is 5.93. The molecule has 7 N–H and O–H groups in total. The van der Waals surface area contributed by atoms with E-state index in [1.54, 1.807) is 30.3 Å². The zero-order chi connectivity index (χ0) is 21.3. The van der Waals surface area contributed by atoms with Gasteiger partial charge in [0.15, 0.2) is 0 Å². The van der Waals surface area contributed by atoms with E-state index in [2.05, 4.69) is 16.0 Å². The number of carboxylic acids is 1. The van der Waals surface area contributed by atoms with Crippen molar-refractivity contribution in [2.24, 2.45) is 5.73 Å². The quantitative estimate of drug-likeness (QED) is 0.270. The number of aliphatic hydroxyl groups excluding tert-OH is 1. The predicted molar refractivity (Wildman–Crippen MR) is 100.0 cm³/mol. The van der Waals surface area contributed by atoms with E-state index >= 15 is 0 Å². The number of amides is 3. The lowest BCUT2D eigenvalue weighted by Crippen LogP contribution is -2.57. The van der Waals surface area contributed by atoms with Gasteiger partial charge in [-0.2, -0.15) is 0 Å². The number of hydrogen-bond acceptors (Lipinski definition) is 6. The first-order valence-electron chi connectivity index (χ1n) is 8.70.